The Labute approximate surface area is 110 Å². The molecule has 1 N–H and O–H groups in total. The third-order valence-corrected chi connectivity index (χ3v) is 3.85. The molecule has 1 aromatic rings. The highest BCUT2D eigenvalue weighted by molar-refractivity contribution is 9.10. The molecule has 0 aliphatic carbocycles. The van der Waals surface area contributed by atoms with Crippen LogP contribution >= 0.6 is 27.5 Å². The highest BCUT2D eigenvalue weighted by atomic mass is 79.9. The van der Waals surface area contributed by atoms with Gasteiger partial charge in [-0.05, 0) is 48.0 Å². The van der Waals surface area contributed by atoms with Crippen LogP contribution in [0, 0.1) is 0 Å². The first-order valence-electron chi connectivity index (χ1n) is 5.53. The van der Waals surface area contributed by atoms with Crippen molar-refractivity contribution < 1.29 is 0 Å². The fourth-order valence-electron chi connectivity index (χ4n) is 2.07. The van der Waals surface area contributed by atoms with Gasteiger partial charge in [-0.15, -0.1) is 0 Å². The summed E-state index contributed by atoms with van der Waals surface area (Å²) in [4.78, 5) is 2.42. The number of rotatable bonds is 1. The Morgan fingerprint density at radius 3 is 2.88 bits per heavy atom. The van der Waals surface area contributed by atoms with E-state index < -0.39 is 0 Å². The lowest BCUT2D eigenvalue weighted by Gasteiger charge is -2.39. The Kier molecular flexibility index (Phi) is 3.77. The fraction of sp³-hybridized carbons (Fsp3) is 0.500. The van der Waals surface area contributed by atoms with E-state index in [1.807, 2.05) is 12.1 Å². The van der Waals surface area contributed by atoms with Crippen molar-refractivity contribution in [3.05, 3.63) is 27.7 Å². The molecule has 0 aromatic heterocycles. The normalized spacial score (nSPS) is 25.9. The molecule has 88 valence electrons. The molecule has 0 radical (unpaired) electrons. The molecule has 1 heterocycles. The van der Waals surface area contributed by atoms with E-state index in [4.69, 9.17) is 11.6 Å². The number of nitrogens with zero attached hydrogens (tertiary/aromatic N) is 1. The van der Waals surface area contributed by atoms with Crippen molar-refractivity contribution in [2.45, 2.75) is 25.9 Å². The Morgan fingerprint density at radius 2 is 2.19 bits per heavy atom. The summed E-state index contributed by atoms with van der Waals surface area (Å²) in [6.45, 7) is 6.50. The van der Waals surface area contributed by atoms with Crippen LogP contribution in [0.5, 0.6) is 0 Å². The van der Waals surface area contributed by atoms with Gasteiger partial charge in [0.15, 0.2) is 0 Å². The molecule has 2 atom stereocenters. The second-order valence-electron chi connectivity index (χ2n) is 4.41. The largest absolute Gasteiger partial charge is 0.365 e. The van der Waals surface area contributed by atoms with Gasteiger partial charge in [-0.25, -0.2) is 0 Å². The minimum atomic E-state index is 0.508. The number of hydrogen-bond acceptors (Lipinski definition) is 2. The molecule has 0 saturated carbocycles. The van der Waals surface area contributed by atoms with Crippen molar-refractivity contribution in [2.75, 3.05) is 18.0 Å². The summed E-state index contributed by atoms with van der Waals surface area (Å²) in [6.07, 6.45) is 0. The van der Waals surface area contributed by atoms with Crippen LogP contribution < -0.4 is 10.2 Å². The predicted molar refractivity (Wildman–Crippen MR) is 73.4 cm³/mol. The summed E-state index contributed by atoms with van der Waals surface area (Å²) in [5.41, 5.74) is 1.23. The lowest BCUT2D eigenvalue weighted by Crippen LogP contribution is -2.54. The standard InChI is InChI=1S/C12H16BrClN2/c1-8-7-16(9(2)6-15-8)12-4-3-10(14)5-11(12)13/h3-5,8-9,15H,6-7H2,1-2H3. The van der Waals surface area contributed by atoms with Crippen LogP contribution in [0.4, 0.5) is 5.69 Å². The number of anilines is 1. The van der Waals surface area contributed by atoms with Gasteiger partial charge in [-0.3, -0.25) is 0 Å². The van der Waals surface area contributed by atoms with Gasteiger partial charge < -0.3 is 10.2 Å². The van der Waals surface area contributed by atoms with Gasteiger partial charge in [-0.2, -0.15) is 0 Å². The molecule has 1 aliphatic rings. The highest BCUT2D eigenvalue weighted by Crippen LogP contribution is 2.31. The third-order valence-electron chi connectivity index (χ3n) is 2.98. The van der Waals surface area contributed by atoms with Crippen molar-refractivity contribution >= 4 is 33.2 Å². The summed E-state index contributed by atoms with van der Waals surface area (Å²) < 4.78 is 1.07. The number of nitrogens with one attached hydrogen (secondary N) is 1. The van der Waals surface area contributed by atoms with Gasteiger partial charge in [0.05, 0.1) is 5.69 Å². The Balaban J connectivity index is 2.28. The van der Waals surface area contributed by atoms with Gasteiger partial charge in [0.1, 0.15) is 0 Å². The molecule has 1 saturated heterocycles. The number of piperazine rings is 1. The number of hydrogen-bond donors (Lipinski definition) is 1. The third kappa shape index (κ3) is 2.53. The maximum Gasteiger partial charge on any atom is 0.0515 e. The van der Waals surface area contributed by atoms with Crippen molar-refractivity contribution in [3.63, 3.8) is 0 Å². The van der Waals surface area contributed by atoms with E-state index in [2.05, 4.69) is 46.1 Å². The number of halogens is 2. The first-order valence-corrected chi connectivity index (χ1v) is 6.70. The molecule has 0 bridgehead atoms. The summed E-state index contributed by atoms with van der Waals surface area (Å²) >= 11 is 9.54. The lowest BCUT2D eigenvalue weighted by molar-refractivity contribution is 0.425. The molecule has 4 heteroatoms. The molecule has 0 spiro atoms. The van der Waals surface area contributed by atoms with Gasteiger partial charge >= 0.3 is 0 Å². The Morgan fingerprint density at radius 1 is 1.44 bits per heavy atom. The summed E-state index contributed by atoms with van der Waals surface area (Å²) in [7, 11) is 0. The lowest BCUT2D eigenvalue weighted by atomic mass is 10.1. The topological polar surface area (TPSA) is 15.3 Å². The first kappa shape index (κ1) is 12.2. The van der Waals surface area contributed by atoms with Gasteiger partial charge in [-0.1, -0.05) is 11.6 Å². The van der Waals surface area contributed by atoms with Crippen LogP contribution in [0.3, 0.4) is 0 Å². The molecule has 1 aromatic carbocycles. The fourth-order valence-corrected chi connectivity index (χ4v) is 2.98. The average molecular weight is 304 g/mol. The highest BCUT2D eigenvalue weighted by Gasteiger charge is 2.23. The van der Waals surface area contributed by atoms with E-state index in [0.717, 1.165) is 22.6 Å². The smallest absolute Gasteiger partial charge is 0.0515 e. The van der Waals surface area contributed by atoms with E-state index in [1.165, 1.54) is 5.69 Å². The first-order chi connectivity index (χ1) is 7.58. The van der Waals surface area contributed by atoms with Crippen molar-refractivity contribution in [1.29, 1.82) is 0 Å². The minimum Gasteiger partial charge on any atom is -0.365 e. The van der Waals surface area contributed by atoms with Gasteiger partial charge in [0, 0.05) is 34.7 Å². The minimum absolute atomic E-state index is 0.508. The van der Waals surface area contributed by atoms with Crippen LogP contribution in [0.1, 0.15) is 13.8 Å². The monoisotopic (exact) mass is 302 g/mol. The molecule has 2 unspecified atom stereocenters. The van der Waals surface area contributed by atoms with Gasteiger partial charge in [0.25, 0.3) is 0 Å². The van der Waals surface area contributed by atoms with E-state index in [0.29, 0.717) is 12.1 Å². The van der Waals surface area contributed by atoms with Crippen LogP contribution in [0.25, 0.3) is 0 Å². The zero-order valence-electron chi connectivity index (χ0n) is 9.50. The van der Waals surface area contributed by atoms with Crippen LogP contribution in [-0.4, -0.2) is 25.2 Å². The van der Waals surface area contributed by atoms with Crippen LogP contribution in [-0.2, 0) is 0 Å². The average Bonchev–Trinajstić information content (AvgIpc) is 2.22. The molecule has 2 rings (SSSR count). The maximum absolute atomic E-state index is 5.96. The van der Waals surface area contributed by atoms with Crippen molar-refractivity contribution in [3.8, 4) is 0 Å². The zero-order valence-corrected chi connectivity index (χ0v) is 11.8. The van der Waals surface area contributed by atoms with E-state index in [-0.39, 0.29) is 0 Å². The van der Waals surface area contributed by atoms with Crippen molar-refractivity contribution in [2.24, 2.45) is 0 Å². The summed E-state index contributed by atoms with van der Waals surface area (Å²) in [5, 5.41) is 4.25. The number of benzene rings is 1. The molecule has 0 amide bonds. The molecule has 1 fully saturated rings. The van der Waals surface area contributed by atoms with E-state index in [9.17, 15) is 0 Å². The van der Waals surface area contributed by atoms with E-state index in [1.54, 1.807) is 0 Å². The van der Waals surface area contributed by atoms with Crippen LogP contribution in [0.2, 0.25) is 5.02 Å². The second-order valence-corrected chi connectivity index (χ2v) is 5.70. The molecular weight excluding hydrogens is 288 g/mol. The molecular formula is C12H16BrClN2. The van der Waals surface area contributed by atoms with Crippen molar-refractivity contribution in [1.82, 2.24) is 5.32 Å². The molecule has 16 heavy (non-hydrogen) atoms. The maximum atomic E-state index is 5.96. The predicted octanol–water partition coefficient (Wildman–Crippen LogP) is 3.29. The van der Waals surface area contributed by atoms with Crippen LogP contribution in [0.15, 0.2) is 22.7 Å². The quantitative estimate of drug-likeness (QED) is 0.856. The molecule has 2 nitrogen and oxygen atoms in total. The second kappa shape index (κ2) is 4.94. The van der Waals surface area contributed by atoms with E-state index >= 15 is 0 Å². The Bertz CT molecular complexity index is 383. The zero-order chi connectivity index (χ0) is 11.7. The molecule has 1 aliphatic heterocycles. The van der Waals surface area contributed by atoms with Gasteiger partial charge in [0.2, 0.25) is 0 Å². The summed E-state index contributed by atoms with van der Waals surface area (Å²) in [5.74, 6) is 0. The Hall–Kier alpha value is -0.250. The summed E-state index contributed by atoms with van der Waals surface area (Å²) in [6, 6.07) is 7.02. The SMILES string of the molecule is CC1CN(c2ccc(Cl)cc2Br)C(C)CN1.